The van der Waals surface area contributed by atoms with Crippen molar-refractivity contribution in [2.24, 2.45) is 0 Å². The molecule has 1 amide bonds. The van der Waals surface area contributed by atoms with Crippen LogP contribution in [0.2, 0.25) is 5.02 Å². The molecule has 120 valence electrons. The van der Waals surface area contributed by atoms with Crippen molar-refractivity contribution in [3.05, 3.63) is 28.8 Å². The molecule has 0 bridgehead atoms. The van der Waals surface area contributed by atoms with E-state index in [1.807, 2.05) is 0 Å². The number of carbonyl (C=O) groups is 2. The van der Waals surface area contributed by atoms with E-state index in [4.69, 9.17) is 16.3 Å². The van der Waals surface area contributed by atoms with Crippen LogP contribution in [0.5, 0.6) is 5.75 Å². The summed E-state index contributed by atoms with van der Waals surface area (Å²) in [5.41, 5.74) is -0.0465. The van der Waals surface area contributed by atoms with Gasteiger partial charge in [-0.1, -0.05) is 37.3 Å². The molecular formula is C16H20ClNO4. The van der Waals surface area contributed by atoms with Crippen molar-refractivity contribution in [2.75, 3.05) is 6.61 Å². The summed E-state index contributed by atoms with van der Waals surface area (Å²) < 4.78 is 4.93. The lowest BCUT2D eigenvalue weighted by Crippen LogP contribution is -2.37. The Morgan fingerprint density at radius 2 is 1.91 bits per heavy atom. The Kier molecular flexibility index (Phi) is 6.07. The van der Waals surface area contributed by atoms with Crippen molar-refractivity contribution in [2.45, 2.75) is 44.6 Å². The van der Waals surface area contributed by atoms with Crippen LogP contribution in [0.4, 0.5) is 0 Å². The van der Waals surface area contributed by atoms with Crippen LogP contribution in [-0.4, -0.2) is 29.6 Å². The number of rotatable bonds is 4. The fourth-order valence-electron chi connectivity index (χ4n) is 2.57. The van der Waals surface area contributed by atoms with Crippen LogP contribution in [0, 0.1) is 0 Å². The number of ether oxygens (including phenoxy) is 1. The number of esters is 1. The molecule has 0 aliphatic heterocycles. The zero-order valence-corrected chi connectivity index (χ0v) is 13.1. The second-order valence-electron chi connectivity index (χ2n) is 5.49. The molecule has 1 fully saturated rings. The van der Waals surface area contributed by atoms with Gasteiger partial charge in [0.15, 0.2) is 6.61 Å². The maximum atomic E-state index is 11.8. The first kappa shape index (κ1) is 16.6. The van der Waals surface area contributed by atoms with Gasteiger partial charge in [-0.3, -0.25) is 4.79 Å². The molecule has 22 heavy (non-hydrogen) atoms. The molecule has 1 aromatic carbocycles. The zero-order chi connectivity index (χ0) is 15.9. The maximum Gasteiger partial charge on any atom is 0.342 e. The van der Waals surface area contributed by atoms with Gasteiger partial charge >= 0.3 is 5.97 Å². The lowest BCUT2D eigenvalue weighted by atomic mass is 10.1. The Balaban J connectivity index is 1.82. The van der Waals surface area contributed by atoms with Crippen molar-refractivity contribution < 1.29 is 19.4 Å². The Labute approximate surface area is 134 Å². The minimum Gasteiger partial charge on any atom is -0.507 e. The topological polar surface area (TPSA) is 75.6 Å². The van der Waals surface area contributed by atoms with E-state index >= 15 is 0 Å². The lowest BCUT2D eigenvalue weighted by molar-refractivity contribution is -0.125. The van der Waals surface area contributed by atoms with Gasteiger partial charge < -0.3 is 15.2 Å². The first-order valence-corrected chi connectivity index (χ1v) is 7.89. The number of hydrogen-bond donors (Lipinski definition) is 2. The van der Waals surface area contributed by atoms with E-state index < -0.39 is 5.97 Å². The van der Waals surface area contributed by atoms with Crippen molar-refractivity contribution >= 4 is 23.5 Å². The third kappa shape index (κ3) is 4.91. The molecule has 0 heterocycles. The highest BCUT2D eigenvalue weighted by atomic mass is 35.5. The largest absolute Gasteiger partial charge is 0.507 e. The minimum absolute atomic E-state index is 0.0465. The van der Waals surface area contributed by atoms with Crippen molar-refractivity contribution in [3.63, 3.8) is 0 Å². The molecule has 2 rings (SSSR count). The van der Waals surface area contributed by atoms with Gasteiger partial charge in [0.05, 0.1) is 0 Å². The molecule has 1 aliphatic rings. The molecule has 1 aliphatic carbocycles. The van der Waals surface area contributed by atoms with E-state index in [1.54, 1.807) is 0 Å². The average Bonchev–Trinajstić information content (AvgIpc) is 2.76. The summed E-state index contributed by atoms with van der Waals surface area (Å²) in [6.07, 6.45) is 6.57. The highest BCUT2D eigenvalue weighted by Crippen LogP contribution is 2.22. The number of carbonyl (C=O) groups excluding carboxylic acids is 2. The van der Waals surface area contributed by atoms with Gasteiger partial charge in [-0.15, -0.1) is 0 Å². The fraction of sp³-hybridized carbons (Fsp3) is 0.500. The number of halogens is 1. The van der Waals surface area contributed by atoms with E-state index in [0.717, 1.165) is 25.7 Å². The number of hydrogen-bond acceptors (Lipinski definition) is 4. The molecule has 0 spiro atoms. The zero-order valence-electron chi connectivity index (χ0n) is 12.3. The SMILES string of the molecule is O=C(COC(=O)c1cc(Cl)ccc1O)NC1CCCCCC1. The third-order valence-corrected chi connectivity index (χ3v) is 3.97. The van der Waals surface area contributed by atoms with Crippen LogP contribution >= 0.6 is 11.6 Å². The molecular weight excluding hydrogens is 306 g/mol. The highest BCUT2D eigenvalue weighted by Gasteiger charge is 2.18. The van der Waals surface area contributed by atoms with Crippen molar-refractivity contribution in [3.8, 4) is 5.75 Å². The predicted octanol–water partition coefficient (Wildman–Crippen LogP) is 3.04. The number of phenolic OH excluding ortho intramolecular Hbond substituents is 1. The minimum atomic E-state index is -0.768. The summed E-state index contributed by atoms with van der Waals surface area (Å²) in [5.74, 6) is -1.31. The van der Waals surface area contributed by atoms with Crippen LogP contribution in [0.15, 0.2) is 18.2 Å². The Bertz CT molecular complexity index is 539. The molecule has 0 aromatic heterocycles. The molecule has 2 N–H and O–H groups in total. The number of benzene rings is 1. The second-order valence-corrected chi connectivity index (χ2v) is 5.93. The van der Waals surface area contributed by atoms with Gasteiger partial charge in [0, 0.05) is 11.1 Å². The standard InChI is InChI=1S/C16H20ClNO4/c17-11-7-8-14(19)13(9-11)16(21)22-10-15(20)18-12-5-3-1-2-4-6-12/h7-9,12,19H,1-6,10H2,(H,18,20). The van der Waals surface area contributed by atoms with Gasteiger partial charge in [0.25, 0.3) is 5.91 Å². The van der Waals surface area contributed by atoms with Gasteiger partial charge in [0.1, 0.15) is 11.3 Å². The molecule has 1 saturated carbocycles. The Morgan fingerprint density at radius 1 is 1.23 bits per heavy atom. The Hall–Kier alpha value is -1.75. The van der Waals surface area contributed by atoms with E-state index in [2.05, 4.69) is 5.32 Å². The molecule has 6 heteroatoms. The second kappa shape index (κ2) is 8.03. The first-order valence-electron chi connectivity index (χ1n) is 7.51. The molecule has 0 radical (unpaired) electrons. The average molecular weight is 326 g/mol. The predicted molar refractivity (Wildman–Crippen MR) is 83.0 cm³/mol. The van der Waals surface area contributed by atoms with Gasteiger partial charge in [-0.25, -0.2) is 4.79 Å². The third-order valence-electron chi connectivity index (χ3n) is 3.73. The van der Waals surface area contributed by atoms with E-state index in [0.29, 0.717) is 5.02 Å². The summed E-state index contributed by atoms with van der Waals surface area (Å²) in [7, 11) is 0. The maximum absolute atomic E-state index is 11.8. The number of aromatic hydroxyl groups is 1. The quantitative estimate of drug-likeness (QED) is 0.659. The number of amides is 1. The van der Waals surface area contributed by atoms with Crippen molar-refractivity contribution in [1.82, 2.24) is 5.32 Å². The van der Waals surface area contributed by atoms with Crippen LogP contribution < -0.4 is 5.32 Å². The van der Waals surface area contributed by atoms with Gasteiger partial charge in [-0.05, 0) is 31.0 Å². The number of nitrogens with one attached hydrogen (secondary N) is 1. The molecule has 0 saturated heterocycles. The summed E-state index contributed by atoms with van der Waals surface area (Å²) >= 11 is 5.77. The van der Waals surface area contributed by atoms with Gasteiger partial charge in [-0.2, -0.15) is 0 Å². The molecule has 0 unspecified atom stereocenters. The van der Waals surface area contributed by atoms with Crippen LogP contribution in [0.1, 0.15) is 48.9 Å². The lowest BCUT2D eigenvalue weighted by Gasteiger charge is -2.16. The Morgan fingerprint density at radius 3 is 2.59 bits per heavy atom. The van der Waals surface area contributed by atoms with E-state index in [1.165, 1.54) is 31.0 Å². The van der Waals surface area contributed by atoms with Crippen molar-refractivity contribution in [1.29, 1.82) is 0 Å². The smallest absolute Gasteiger partial charge is 0.342 e. The summed E-state index contributed by atoms with van der Waals surface area (Å²) in [6, 6.07) is 4.24. The summed E-state index contributed by atoms with van der Waals surface area (Å²) in [5, 5.41) is 12.8. The highest BCUT2D eigenvalue weighted by molar-refractivity contribution is 6.31. The van der Waals surface area contributed by atoms with Crippen LogP contribution in [0.3, 0.4) is 0 Å². The molecule has 0 atom stereocenters. The monoisotopic (exact) mass is 325 g/mol. The number of phenols is 1. The first-order chi connectivity index (χ1) is 10.6. The van der Waals surface area contributed by atoms with E-state index in [-0.39, 0.29) is 29.9 Å². The fourth-order valence-corrected chi connectivity index (χ4v) is 2.75. The molecule has 1 aromatic rings. The molecule has 5 nitrogen and oxygen atoms in total. The summed E-state index contributed by atoms with van der Waals surface area (Å²) in [4.78, 5) is 23.7. The normalized spacial score (nSPS) is 15.9. The van der Waals surface area contributed by atoms with E-state index in [9.17, 15) is 14.7 Å². The van der Waals surface area contributed by atoms with Gasteiger partial charge in [0.2, 0.25) is 0 Å². The van der Waals surface area contributed by atoms with Crippen LogP contribution in [-0.2, 0) is 9.53 Å². The van der Waals surface area contributed by atoms with Crippen LogP contribution in [0.25, 0.3) is 0 Å². The summed E-state index contributed by atoms with van der Waals surface area (Å²) in [6.45, 7) is -0.360.